The summed E-state index contributed by atoms with van der Waals surface area (Å²) >= 11 is 0. The first-order valence-corrected chi connectivity index (χ1v) is 15.1. The molecule has 0 bridgehead atoms. The molecule has 3 aromatic rings. The molecule has 2 saturated heterocycles. The normalized spacial score (nSPS) is 19.1. The monoisotopic (exact) mass is 584 g/mol. The molecule has 0 atom stereocenters. The van der Waals surface area contributed by atoms with Crippen molar-refractivity contribution in [2.45, 2.75) is 55.6 Å². The smallest absolute Gasteiger partial charge is 0.437 e. The van der Waals surface area contributed by atoms with Gasteiger partial charge in [0.15, 0.2) is 0 Å². The quantitative estimate of drug-likeness (QED) is 0.390. The maximum absolute atomic E-state index is 12.8. The Morgan fingerprint density at radius 1 is 1.12 bits per heavy atom. The zero-order valence-electron chi connectivity index (χ0n) is 22.9. The number of rotatable bonds is 8. The second kappa shape index (κ2) is 10.3. The average Bonchev–Trinajstić information content (AvgIpc) is 3.66. The number of anilines is 1. The van der Waals surface area contributed by atoms with Gasteiger partial charge in [-0.15, -0.1) is 5.10 Å². The summed E-state index contributed by atoms with van der Waals surface area (Å²) in [4.78, 5) is 28.3. The van der Waals surface area contributed by atoms with E-state index in [-0.39, 0.29) is 4.90 Å². The molecule has 0 unspecified atom stereocenters. The SMILES string of the molecule is CCOc1cc(-c2nn(C)c(=O)o2)c(C2CC2)cc1CN1CCC2(CC1)CN(c1ccc(S(=O)(=O)O)cc1)C(=O)O2. The molecule has 13 heteroatoms. The maximum atomic E-state index is 12.8. The minimum absolute atomic E-state index is 0.231. The third-order valence-electron chi connectivity index (χ3n) is 8.05. The minimum atomic E-state index is -4.31. The van der Waals surface area contributed by atoms with Crippen LogP contribution in [-0.2, 0) is 28.4 Å². The maximum Gasteiger partial charge on any atom is 0.437 e. The van der Waals surface area contributed by atoms with Crippen LogP contribution in [0.2, 0.25) is 0 Å². The van der Waals surface area contributed by atoms with Gasteiger partial charge in [-0.05, 0) is 67.6 Å². The molecule has 12 nitrogen and oxygen atoms in total. The molecule has 3 heterocycles. The molecule has 218 valence electrons. The fourth-order valence-electron chi connectivity index (χ4n) is 5.67. The van der Waals surface area contributed by atoms with Crippen molar-refractivity contribution in [3.63, 3.8) is 0 Å². The Hall–Kier alpha value is -3.68. The molecule has 41 heavy (non-hydrogen) atoms. The van der Waals surface area contributed by atoms with Gasteiger partial charge in [-0.1, -0.05) is 0 Å². The first-order chi connectivity index (χ1) is 19.5. The zero-order valence-corrected chi connectivity index (χ0v) is 23.7. The van der Waals surface area contributed by atoms with Gasteiger partial charge in [0, 0.05) is 56.3 Å². The van der Waals surface area contributed by atoms with E-state index in [1.165, 1.54) is 33.8 Å². The number of aromatic nitrogens is 2. The second-order valence-corrected chi connectivity index (χ2v) is 12.4. The van der Waals surface area contributed by atoms with E-state index in [1.54, 1.807) is 7.05 Å². The van der Waals surface area contributed by atoms with Gasteiger partial charge in [-0.2, -0.15) is 13.1 Å². The zero-order chi connectivity index (χ0) is 28.9. The molecule has 1 aliphatic carbocycles. The predicted molar refractivity (Wildman–Crippen MR) is 148 cm³/mol. The number of carbonyl (C=O) groups excluding carboxylic acids is 1. The highest BCUT2D eigenvalue weighted by Crippen LogP contribution is 2.46. The van der Waals surface area contributed by atoms with E-state index in [4.69, 9.17) is 13.9 Å². The number of ether oxygens (including phenoxy) is 2. The lowest BCUT2D eigenvalue weighted by Gasteiger charge is -2.37. The van der Waals surface area contributed by atoms with E-state index >= 15 is 0 Å². The fraction of sp³-hybridized carbons (Fsp3) is 0.464. The first-order valence-electron chi connectivity index (χ1n) is 13.7. The van der Waals surface area contributed by atoms with Crippen LogP contribution in [-0.4, -0.2) is 65.6 Å². The van der Waals surface area contributed by atoms with Crippen molar-refractivity contribution < 1.29 is 31.7 Å². The molecular weight excluding hydrogens is 552 g/mol. The van der Waals surface area contributed by atoms with E-state index in [9.17, 15) is 22.6 Å². The molecule has 1 saturated carbocycles. The second-order valence-electron chi connectivity index (χ2n) is 10.9. The van der Waals surface area contributed by atoms with Gasteiger partial charge in [0.05, 0.1) is 18.0 Å². The molecule has 1 aromatic heterocycles. The van der Waals surface area contributed by atoms with E-state index in [1.807, 2.05) is 13.0 Å². The van der Waals surface area contributed by atoms with Gasteiger partial charge in [0.2, 0.25) is 5.89 Å². The number of aryl methyl sites for hydroxylation is 1. The van der Waals surface area contributed by atoms with Crippen LogP contribution in [0.1, 0.15) is 49.7 Å². The minimum Gasteiger partial charge on any atom is -0.494 e. The Morgan fingerprint density at radius 3 is 2.41 bits per heavy atom. The number of benzene rings is 2. The van der Waals surface area contributed by atoms with Gasteiger partial charge < -0.3 is 13.9 Å². The number of carbonyl (C=O) groups is 1. The predicted octanol–water partition coefficient (Wildman–Crippen LogP) is 3.55. The van der Waals surface area contributed by atoms with Crippen molar-refractivity contribution in [3.05, 3.63) is 58.1 Å². The summed E-state index contributed by atoms with van der Waals surface area (Å²) in [5.41, 5.74) is 2.84. The van der Waals surface area contributed by atoms with Crippen molar-refractivity contribution >= 4 is 21.9 Å². The van der Waals surface area contributed by atoms with Crippen molar-refractivity contribution in [2.24, 2.45) is 7.05 Å². The Labute approximate surface area is 237 Å². The number of hydrogen-bond acceptors (Lipinski definition) is 9. The van der Waals surface area contributed by atoms with Crippen LogP contribution in [0.3, 0.4) is 0 Å². The number of piperidine rings is 1. The van der Waals surface area contributed by atoms with Gasteiger partial charge in [0.25, 0.3) is 10.1 Å². The van der Waals surface area contributed by atoms with Crippen molar-refractivity contribution in [2.75, 3.05) is 31.1 Å². The van der Waals surface area contributed by atoms with Crippen LogP contribution >= 0.6 is 0 Å². The molecule has 2 aromatic carbocycles. The summed E-state index contributed by atoms with van der Waals surface area (Å²) in [7, 11) is -2.75. The lowest BCUT2D eigenvalue weighted by Crippen LogP contribution is -2.46. The highest BCUT2D eigenvalue weighted by Gasteiger charge is 2.47. The lowest BCUT2D eigenvalue weighted by molar-refractivity contribution is -0.00111. The molecule has 3 fully saturated rings. The number of hydrogen-bond donors (Lipinski definition) is 1. The average molecular weight is 585 g/mol. The molecule has 3 aliphatic rings. The third kappa shape index (κ3) is 5.48. The van der Waals surface area contributed by atoms with E-state index in [2.05, 4.69) is 16.1 Å². The highest BCUT2D eigenvalue weighted by atomic mass is 32.2. The Balaban J connectivity index is 1.17. The van der Waals surface area contributed by atoms with Crippen molar-refractivity contribution in [3.8, 4) is 17.2 Å². The summed E-state index contributed by atoms with van der Waals surface area (Å²) in [5, 5.41) is 4.28. The van der Waals surface area contributed by atoms with E-state index < -0.39 is 27.6 Å². The van der Waals surface area contributed by atoms with Crippen LogP contribution in [0.4, 0.5) is 10.5 Å². The lowest BCUT2D eigenvalue weighted by atomic mass is 9.90. The summed E-state index contributed by atoms with van der Waals surface area (Å²) in [5.74, 6) is 0.915. The van der Waals surface area contributed by atoms with Gasteiger partial charge in [-0.3, -0.25) is 14.4 Å². The molecule has 6 rings (SSSR count). The summed E-state index contributed by atoms with van der Waals surface area (Å²) in [6, 6.07) is 9.61. The summed E-state index contributed by atoms with van der Waals surface area (Å²) < 4.78 is 50.4. The Kier molecular flexibility index (Phi) is 6.91. The Morgan fingerprint density at radius 2 is 1.83 bits per heavy atom. The van der Waals surface area contributed by atoms with Crippen LogP contribution < -0.4 is 15.4 Å². The topological polar surface area (TPSA) is 144 Å². The number of nitrogens with zero attached hydrogens (tertiary/aromatic N) is 4. The molecule has 1 N–H and O–H groups in total. The van der Waals surface area contributed by atoms with Gasteiger partial charge >= 0.3 is 11.8 Å². The molecular formula is C28H32N4O8S. The molecule has 2 aliphatic heterocycles. The standard InChI is InChI=1S/C28H32N4O8S/c1-3-38-24-15-23(25-29-30(2)26(33)39-25)22(18-4-5-18)14-19(24)16-31-12-10-28(11-13-31)17-32(27(34)40-28)20-6-8-21(9-7-20)41(35,36)37/h6-9,14-15,18H,3-5,10-13,16-17H2,1-2H3,(H,35,36,37). The molecule has 1 spiro atoms. The van der Waals surface area contributed by atoms with Crippen LogP contribution in [0.25, 0.3) is 11.5 Å². The third-order valence-corrected chi connectivity index (χ3v) is 8.91. The van der Waals surface area contributed by atoms with Gasteiger partial charge in [0.1, 0.15) is 11.4 Å². The van der Waals surface area contributed by atoms with Gasteiger partial charge in [-0.25, -0.2) is 9.59 Å². The molecule has 1 amide bonds. The largest absolute Gasteiger partial charge is 0.494 e. The van der Waals surface area contributed by atoms with Crippen LogP contribution in [0.15, 0.2) is 50.5 Å². The van der Waals surface area contributed by atoms with Crippen molar-refractivity contribution in [1.29, 1.82) is 0 Å². The van der Waals surface area contributed by atoms with Crippen molar-refractivity contribution in [1.82, 2.24) is 14.7 Å². The fourth-order valence-corrected chi connectivity index (χ4v) is 6.15. The van der Waals surface area contributed by atoms with E-state index in [0.717, 1.165) is 35.3 Å². The number of amides is 1. The highest BCUT2D eigenvalue weighted by molar-refractivity contribution is 7.85. The molecule has 0 radical (unpaired) electrons. The summed E-state index contributed by atoms with van der Waals surface area (Å²) in [6.07, 6.45) is 2.97. The van der Waals surface area contributed by atoms with E-state index in [0.29, 0.717) is 63.1 Å². The number of likely N-dealkylation sites (tertiary alicyclic amines) is 1. The Bertz CT molecular complexity index is 1630. The van der Waals surface area contributed by atoms with Crippen LogP contribution in [0, 0.1) is 0 Å². The summed E-state index contributed by atoms with van der Waals surface area (Å²) in [6.45, 7) is 4.87. The first kappa shape index (κ1) is 27.5. The van der Waals surface area contributed by atoms with Crippen LogP contribution in [0.5, 0.6) is 5.75 Å².